The van der Waals surface area contributed by atoms with E-state index in [-0.39, 0.29) is 5.88 Å². The first-order valence-electron chi connectivity index (χ1n) is 7.63. The highest BCUT2D eigenvalue weighted by atomic mass is 19.4. The molecule has 0 spiro atoms. The fourth-order valence-corrected chi connectivity index (χ4v) is 1.78. The highest BCUT2D eigenvalue weighted by Crippen LogP contribution is 2.38. The number of hydrogen-bond donors (Lipinski definition) is 0. The molecule has 0 aromatic carbocycles. The van der Waals surface area contributed by atoms with Crippen molar-refractivity contribution in [3.8, 4) is 0 Å². The van der Waals surface area contributed by atoms with Crippen LogP contribution in [-0.4, -0.2) is 36.3 Å². The Balaban J connectivity index is 2.81. The number of aliphatic imine (C=N–C) groups is 1. The first-order chi connectivity index (χ1) is 10.6. The van der Waals surface area contributed by atoms with Gasteiger partial charge in [0.05, 0.1) is 11.2 Å². The van der Waals surface area contributed by atoms with Crippen LogP contribution in [0.5, 0.6) is 0 Å². The van der Waals surface area contributed by atoms with E-state index in [0.717, 1.165) is 13.8 Å². The molecule has 1 aliphatic rings. The van der Waals surface area contributed by atoms with E-state index in [0.29, 0.717) is 5.47 Å². The summed E-state index contributed by atoms with van der Waals surface area (Å²) in [6.07, 6.45) is -1.47. The fourth-order valence-electron chi connectivity index (χ4n) is 1.78. The van der Waals surface area contributed by atoms with E-state index < -0.39 is 30.1 Å². The minimum absolute atomic E-state index is 0.340. The van der Waals surface area contributed by atoms with Crippen LogP contribution in [-0.2, 0) is 14.0 Å². The lowest BCUT2D eigenvalue weighted by Gasteiger charge is -2.32. The zero-order valence-corrected chi connectivity index (χ0v) is 15.2. The van der Waals surface area contributed by atoms with Gasteiger partial charge in [-0.3, -0.25) is 0 Å². The molecule has 4 nitrogen and oxygen atoms in total. The Morgan fingerprint density at radius 3 is 1.96 bits per heavy atom. The van der Waals surface area contributed by atoms with Gasteiger partial charge in [0.1, 0.15) is 0 Å². The van der Waals surface area contributed by atoms with Crippen molar-refractivity contribution in [2.45, 2.75) is 71.4 Å². The predicted octanol–water partition coefficient (Wildman–Crippen LogP) is 4.46. The summed E-state index contributed by atoms with van der Waals surface area (Å²) in [4.78, 5) is 3.86. The number of rotatable bonds is 5. The lowest BCUT2D eigenvalue weighted by Crippen LogP contribution is -2.41. The van der Waals surface area contributed by atoms with E-state index in [1.807, 2.05) is 27.7 Å². The third-order valence-corrected chi connectivity index (χ3v) is 4.27. The predicted molar refractivity (Wildman–Crippen MR) is 88.7 cm³/mol. The molecule has 0 aliphatic carbocycles. The summed E-state index contributed by atoms with van der Waals surface area (Å²) in [5.41, 5.74) is -2.85. The van der Waals surface area contributed by atoms with E-state index in [1.165, 1.54) is 6.21 Å². The summed E-state index contributed by atoms with van der Waals surface area (Å²) < 4.78 is 55.0. The third-order valence-electron chi connectivity index (χ3n) is 4.27. The van der Waals surface area contributed by atoms with Gasteiger partial charge in [0, 0.05) is 6.21 Å². The topological polar surface area (TPSA) is 40.0 Å². The molecular formula is C16H25BF3NO3. The molecule has 0 aromatic rings. The normalized spacial score (nSPS) is 21.4. The van der Waals surface area contributed by atoms with E-state index in [2.05, 4.69) is 11.6 Å². The van der Waals surface area contributed by atoms with Gasteiger partial charge in [-0.1, -0.05) is 6.08 Å². The van der Waals surface area contributed by atoms with Crippen molar-refractivity contribution in [1.29, 1.82) is 0 Å². The molecule has 136 valence electrons. The molecule has 0 bridgehead atoms. The summed E-state index contributed by atoms with van der Waals surface area (Å²) in [6.45, 7) is 14.6. The van der Waals surface area contributed by atoms with E-state index in [1.54, 1.807) is 13.0 Å². The summed E-state index contributed by atoms with van der Waals surface area (Å²) in [6, 6.07) is 0. The molecule has 0 aromatic heterocycles. The SMILES string of the molecule is C=C(N=C/C(=C\C)B1OC(C)(C)C(C)(C)O1)OC(C)(C)C(F)(F)F. The maximum Gasteiger partial charge on any atom is 0.496 e. The van der Waals surface area contributed by atoms with Crippen molar-refractivity contribution in [1.82, 2.24) is 0 Å². The molecule has 0 amide bonds. The molecule has 8 heteroatoms. The van der Waals surface area contributed by atoms with Crippen LogP contribution in [0.3, 0.4) is 0 Å². The van der Waals surface area contributed by atoms with Crippen LogP contribution in [0.1, 0.15) is 48.5 Å². The van der Waals surface area contributed by atoms with Crippen molar-refractivity contribution >= 4 is 13.3 Å². The Morgan fingerprint density at radius 2 is 1.58 bits per heavy atom. The monoisotopic (exact) mass is 347 g/mol. The first kappa shape index (κ1) is 20.8. The van der Waals surface area contributed by atoms with Gasteiger partial charge in [0.2, 0.25) is 5.88 Å². The van der Waals surface area contributed by atoms with Gasteiger partial charge in [-0.2, -0.15) is 13.2 Å². The minimum atomic E-state index is -4.53. The lowest BCUT2D eigenvalue weighted by atomic mass is 9.79. The summed E-state index contributed by atoms with van der Waals surface area (Å²) >= 11 is 0. The average molecular weight is 347 g/mol. The van der Waals surface area contributed by atoms with Gasteiger partial charge >= 0.3 is 13.3 Å². The fraction of sp³-hybridized carbons (Fsp3) is 0.688. The molecule has 0 unspecified atom stereocenters. The zero-order chi connectivity index (χ0) is 19.0. The molecule has 0 radical (unpaired) electrons. The third kappa shape index (κ3) is 4.42. The lowest BCUT2D eigenvalue weighted by molar-refractivity contribution is -0.251. The van der Waals surface area contributed by atoms with Crippen LogP contribution in [0.15, 0.2) is 29.0 Å². The second-order valence-electron chi connectivity index (χ2n) is 7.14. The van der Waals surface area contributed by atoms with Gasteiger partial charge in [-0.25, -0.2) is 4.99 Å². The van der Waals surface area contributed by atoms with Crippen LogP contribution >= 0.6 is 0 Å². The molecule has 24 heavy (non-hydrogen) atoms. The number of ether oxygens (including phenoxy) is 1. The van der Waals surface area contributed by atoms with Crippen LogP contribution in [0, 0.1) is 0 Å². The largest absolute Gasteiger partial charge is 0.496 e. The smallest absolute Gasteiger partial charge is 0.462 e. The van der Waals surface area contributed by atoms with Gasteiger partial charge in [0.25, 0.3) is 0 Å². The maximum atomic E-state index is 12.8. The van der Waals surface area contributed by atoms with E-state index >= 15 is 0 Å². The molecule has 1 rings (SSSR count). The summed E-state index contributed by atoms with van der Waals surface area (Å²) in [7, 11) is -0.660. The standard InChI is InChI=1S/C16H25BF3NO3/c1-9-12(17-23-13(3,4)14(5,6)24-17)10-21-11(2)22-15(7,8)16(18,19)20/h9-10H,2H2,1,3-8H3/b12-9+,21-10?. The summed E-state index contributed by atoms with van der Waals surface area (Å²) in [5, 5.41) is 0. The Hall–Kier alpha value is -1.28. The Bertz CT molecular complexity index is 535. The molecule has 1 heterocycles. The molecule has 1 saturated heterocycles. The van der Waals surface area contributed by atoms with Crippen molar-refractivity contribution in [2.75, 3.05) is 0 Å². The summed E-state index contributed by atoms with van der Waals surface area (Å²) in [5.74, 6) is -0.340. The Kier molecular flexibility index (Phi) is 5.67. The molecule has 1 aliphatic heterocycles. The quantitative estimate of drug-likeness (QED) is 0.419. The molecule has 0 atom stereocenters. The zero-order valence-electron chi connectivity index (χ0n) is 15.2. The highest BCUT2D eigenvalue weighted by Gasteiger charge is 2.52. The van der Waals surface area contributed by atoms with Crippen LogP contribution in [0.2, 0.25) is 0 Å². The average Bonchev–Trinajstić information content (AvgIpc) is 2.56. The first-order valence-corrected chi connectivity index (χ1v) is 7.63. The maximum absolute atomic E-state index is 12.8. The molecule has 0 N–H and O–H groups in total. The van der Waals surface area contributed by atoms with Crippen molar-refractivity contribution in [3.63, 3.8) is 0 Å². The van der Waals surface area contributed by atoms with Gasteiger partial charge in [-0.15, -0.1) is 0 Å². The van der Waals surface area contributed by atoms with Gasteiger partial charge in [0.15, 0.2) is 5.60 Å². The van der Waals surface area contributed by atoms with Gasteiger partial charge in [-0.05, 0) is 60.5 Å². The number of alkyl halides is 3. The van der Waals surface area contributed by atoms with Gasteiger partial charge < -0.3 is 14.0 Å². The number of allylic oxidation sites excluding steroid dienone is 2. The van der Waals surface area contributed by atoms with Crippen molar-refractivity contribution < 1.29 is 27.2 Å². The second kappa shape index (κ2) is 6.56. The Morgan fingerprint density at radius 1 is 1.12 bits per heavy atom. The van der Waals surface area contributed by atoms with Crippen LogP contribution < -0.4 is 0 Å². The number of nitrogens with zero attached hydrogens (tertiary/aromatic N) is 1. The second-order valence-corrected chi connectivity index (χ2v) is 7.14. The molecular weight excluding hydrogens is 322 g/mol. The number of halogens is 3. The van der Waals surface area contributed by atoms with E-state index in [4.69, 9.17) is 14.0 Å². The molecule has 0 saturated carbocycles. The van der Waals surface area contributed by atoms with Crippen molar-refractivity contribution in [3.05, 3.63) is 24.0 Å². The van der Waals surface area contributed by atoms with Crippen molar-refractivity contribution in [2.24, 2.45) is 4.99 Å². The van der Waals surface area contributed by atoms with E-state index in [9.17, 15) is 13.2 Å². The number of hydrogen-bond acceptors (Lipinski definition) is 4. The highest BCUT2D eigenvalue weighted by molar-refractivity contribution is 6.60. The van der Waals surface area contributed by atoms with Crippen LogP contribution in [0.4, 0.5) is 13.2 Å². The van der Waals surface area contributed by atoms with Crippen LogP contribution in [0.25, 0.3) is 0 Å². The molecule has 1 fully saturated rings. The Labute approximate surface area is 141 Å². The minimum Gasteiger partial charge on any atom is -0.462 e.